The number of benzene rings is 2. The van der Waals surface area contributed by atoms with Crippen molar-refractivity contribution in [3.63, 3.8) is 0 Å². The first kappa shape index (κ1) is 16.5. The molecule has 1 N–H and O–H groups in total. The summed E-state index contributed by atoms with van der Waals surface area (Å²) in [5, 5.41) is 3.64. The summed E-state index contributed by atoms with van der Waals surface area (Å²) in [7, 11) is 1.71. The van der Waals surface area contributed by atoms with E-state index < -0.39 is 0 Å². The first-order valence-corrected chi connectivity index (χ1v) is 8.83. The summed E-state index contributed by atoms with van der Waals surface area (Å²) >= 11 is 0. The molecule has 0 saturated heterocycles. The fourth-order valence-electron chi connectivity index (χ4n) is 3.35. The van der Waals surface area contributed by atoms with Crippen LogP contribution in [0.2, 0.25) is 0 Å². The average molecular weight is 319 g/mol. The van der Waals surface area contributed by atoms with E-state index in [1.165, 1.54) is 32.1 Å². The van der Waals surface area contributed by atoms with E-state index in [2.05, 4.69) is 35.4 Å². The van der Waals surface area contributed by atoms with Crippen LogP contribution < -0.4 is 10.1 Å². The fraction of sp³-hybridized carbons (Fsp3) is 0.364. The molecule has 0 spiro atoms. The van der Waals surface area contributed by atoms with Gasteiger partial charge in [-0.1, -0.05) is 61.4 Å². The Morgan fingerprint density at radius 3 is 2.42 bits per heavy atom. The number of hydrogen-bond acceptors (Lipinski definition) is 2. The number of para-hydroxylation sites is 2. The molecule has 0 amide bonds. The van der Waals surface area contributed by atoms with Gasteiger partial charge in [0, 0.05) is 5.56 Å². The summed E-state index contributed by atoms with van der Waals surface area (Å²) < 4.78 is 5.49. The number of nitrogens with one attached hydrogen (secondary N) is 1. The SMILES string of the molecule is COc1ccccc1NC(C#Cc1ccccc1)C1CCCCC1. The second kappa shape index (κ2) is 8.45. The Balaban J connectivity index is 1.83. The number of anilines is 1. The summed E-state index contributed by atoms with van der Waals surface area (Å²) in [5.41, 5.74) is 2.10. The maximum absolute atomic E-state index is 5.49. The number of methoxy groups -OCH3 is 1. The van der Waals surface area contributed by atoms with E-state index in [-0.39, 0.29) is 6.04 Å². The number of hydrogen-bond donors (Lipinski definition) is 1. The van der Waals surface area contributed by atoms with Gasteiger partial charge in [0.25, 0.3) is 0 Å². The minimum absolute atomic E-state index is 0.154. The molecule has 3 rings (SSSR count). The van der Waals surface area contributed by atoms with Crippen molar-refractivity contribution in [1.29, 1.82) is 0 Å². The molecule has 2 heteroatoms. The molecular weight excluding hydrogens is 294 g/mol. The maximum atomic E-state index is 5.49. The molecule has 24 heavy (non-hydrogen) atoms. The fourth-order valence-corrected chi connectivity index (χ4v) is 3.35. The minimum Gasteiger partial charge on any atom is -0.495 e. The van der Waals surface area contributed by atoms with Gasteiger partial charge in [-0.05, 0) is 43.0 Å². The van der Waals surface area contributed by atoms with Crippen molar-refractivity contribution in [2.75, 3.05) is 12.4 Å². The molecule has 1 aliphatic rings. The molecule has 2 aromatic carbocycles. The zero-order valence-electron chi connectivity index (χ0n) is 14.3. The summed E-state index contributed by atoms with van der Waals surface area (Å²) in [6, 6.07) is 18.5. The topological polar surface area (TPSA) is 21.3 Å². The normalized spacial score (nSPS) is 15.9. The molecule has 0 aromatic heterocycles. The van der Waals surface area contributed by atoms with Crippen LogP contribution in [0.4, 0.5) is 5.69 Å². The van der Waals surface area contributed by atoms with Crippen LogP contribution in [0.25, 0.3) is 0 Å². The highest BCUT2D eigenvalue weighted by atomic mass is 16.5. The lowest BCUT2D eigenvalue weighted by Crippen LogP contribution is -2.29. The average Bonchev–Trinajstić information content (AvgIpc) is 2.67. The summed E-state index contributed by atoms with van der Waals surface area (Å²) in [4.78, 5) is 0. The van der Waals surface area contributed by atoms with Crippen molar-refractivity contribution in [2.24, 2.45) is 5.92 Å². The third-order valence-electron chi connectivity index (χ3n) is 4.69. The quantitative estimate of drug-likeness (QED) is 0.791. The summed E-state index contributed by atoms with van der Waals surface area (Å²) in [6.07, 6.45) is 6.46. The van der Waals surface area contributed by atoms with Crippen LogP contribution in [-0.2, 0) is 0 Å². The van der Waals surface area contributed by atoms with Crippen LogP contribution in [-0.4, -0.2) is 13.2 Å². The first-order valence-electron chi connectivity index (χ1n) is 8.83. The van der Waals surface area contributed by atoms with E-state index in [1.807, 2.05) is 36.4 Å². The largest absolute Gasteiger partial charge is 0.495 e. The number of ether oxygens (including phenoxy) is 1. The van der Waals surface area contributed by atoms with Crippen LogP contribution in [0.1, 0.15) is 37.7 Å². The minimum atomic E-state index is 0.154. The molecule has 2 aromatic rings. The lowest BCUT2D eigenvalue weighted by Gasteiger charge is -2.28. The smallest absolute Gasteiger partial charge is 0.141 e. The highest BCUT2D eigenvalue weighted by molar-refractivity contribution is 5.58. The van der Waals surface area contributed by atoms with Crippen LogP contribution in [0.5, 0.6) is 5.75 Å². The van der Waals surface area contributed by atoms with Gasteiger partial charge in [-0.3, -0.25) is 0 Å². The van der Waals surface area contributed by atoms with Gasteiger partial charge in [-0.2, -0.15) is 0 Å². The molecule has 1 aliphatic carbocycles. The standard InChI is InChI=1S/C22H25NO/c1-24-22-15-9-8-14-21(22)23-20(19-12-6-3-7-13-19)17-16-18-10-4-2-5-11-18/h2,4-5,8-11,14-15,19-20,23H,3,6-7,12-13H2,1H3. The van der Waals surface area contributed by atoms with Gasteiger partial charge < -0.3 is 10.1 Å². The molecule has 0 bridgehead atoms. The number of rotatable bonds is 4. The maximum Gasteiger partial charge on any atom is 0.141 e. The molecule has 1 fully saturated rings. The molecule has 0 heterocycles. The van der Waals surface area contributed by atoms with Gasteiger partial charge in [0.2, 0.25) is 0 Å². The zero-order chi connectivity index (χ0) is 16.6. The molecule has 124 valence electrons. The van der Waals surface area contributed by atoms with Gasteiger partial charge >= 0.3 is 0 Å². The molecule has 0 aliphatic heterocycles. The van der Waals surface area contributed by atoms with E-state index in [4.69, 9.17) is 4.74 Å². The second-order valence-corrected chi connectivity index (χ2v) is 6.36. The van der Waals surface area contributed by atoms with Crippen LogP contribution >= 0.6 is 0 Å². The van der Waals surface area contributed by atoms with Crippen molar-refractivity contribution in [2.45, 2.75) is 38.1 Å². The predicted octanol–water partition coefficient (Wildman–Crippen LogP) is 5.11. The van der Waals surface area contributed by atoms with Crippen molar-refractivity contribution < 1.29 is 4.74 Å². The molecule has 1 atom stereocenters. The Bertz CT molecular complexity index is 693. The van der Waals surface area contributed by atoms with Crippen molar-refractivity contribution in [3.05, 3.63) is 60.2 Å². The van der Waals surface area contributed by atoms with E-state index in [0.717, 1.165) is 17.0 Å². The monoisotopic (exact) mass is 319 g/mol. The highest BCUT2D eigenvalue weighted by Gasteiger charge is 2.22. The first-order chi connectivity index (χ1) is 11.9. The third kappa shape index (κ3) is 4.32. The molecular formula is C22H25NO. The molecule has 1 saturated carbocycles. The van der Waals surface area contributed by atoms with Gasteiger partial charge in [-0.15, -0.1) is 0 Å². The Labute approximate surface area is 145 Å². The van der Waals surface area contributed by atoms with Gasteiger partial charge in [0.05, 0.1) is 18.8 Å². The van der Waals surface area contributed by atoms with Crippen LogP contribution in [0.15, 0.2) is 54.6 Å². The second-order valence-electron chi connectivity index (χ2n) is 6.36. The summed E-state index contributed by atoms with van der Waals surface area (Å²) in [5.74, 6) is 8.31. The van der Waals surface area contributed by atoms with Crippen molar-refractivity contribution in [1.82, 2.24) is 0 Å². The van der Waals surface area contributed by atoms with E-state index in [9.17, 15) is 0 Å². The van der Waals surface area contributed by atoms with E-state index >= 15 is 0 Å². The molecule has 1 unspecified atom stereocenters. The third-order valence-corrected chi connectivity index (χ3v) is 4.69. The van der Waals surface area contributed by atoms with Crippen molar-refractivity contribution >= 4 is 5.69 Å². The Kier molecular flexibility index (Phi) is 5.80. The van der Waals surface area contributed by atoms with Gasteiger partial charge in [0.15, 0.2) is 0 Å². The molecule has 2 nitrogen and oxygen atoms in total. The Morgan fingerprint density at radius 1 is 0.958 bits per heavy atom. The lowest BCUT2D eigenvalue weighted by atomic mass is 9.84. The summed E-state index contributed by atoms with van der Waals surface area (Å²) in [6.45, 7) is 0. The Morgan fingerprint density at radius 2 is 1.67 bits per heavy atom. The van der Waals surface area contributed by atoms with Crippen LogP contribution in [0, 0.1) is 17.8 Å². The highest BCUT2D eigenvalue weighted by Crippen LogP contribution is 2.30. The van der Waals surface area contributed by atoms with Gasteiger partial charge in [-0.25, -0.2) is 0 Å². The van der Waals surface area contributed by atoms with Crippen molar-refractivity contribution in [3.8, 4) is 17.6 Å². The van der Waals surface area contributed by atoms with Crippen LogP contribution in [0.3, 0.4) is 0 Å². The Hall–Kier alpha value is -2.40. The molecule has 0 radical (unpaired) electrons. The van der Waals surface area contributed by atoms with Gasteiger partial charge in [0.1, 0.15) is 5.75 Å². The van der Waals surface area contributed by atoms with E-state index in [0.29, 0.717) is 5.92 Å². The van der Waals surface area contributed by atoms with E-state index in [1.54, 1.807) is 7.11 Å². The predicted molar refractivity (Wildman–Crippen MR) is 100 cm³/mol. The lowest BCUT2D eigenvalue weighted by molar-refractivity contribution is 0.346. The zero-order valence-corrected chi connectivity index (χ0v) is 14.3.